The molecule has 1 heteroatoms. The molecular weight excluding hydrogens is 136 g/mol. The third-order valence-electron chi connectivity index (χ3n) is 1.74. The lowest BCUT2D eigenvalue weighted by atomic mass is 10.1. The topological polar surface area (TPSA) is 9.23 Å². The molecule has 0 saturated carbocycles. The Hall–Kier alpha value is -0.820. The van der Waals surface area contributed by atoms with Crippen LogP contribution in [0, 0.1) is 7.11 Å². The minimum absolute atomic E-state index is 0.149. The molecule has 1 radical (unpaired) electrons. The van der Waals surface area contributed by atoms with Gasteiger partial charge in [-0.05, 0) is 12.0 Å². The summed E-state index contributed by atoms with van der Waals surface area (Å²) < 4.78 is 5.04. The van der Waals surface area contributed by atoms with E-state index >= 15 is 0 Å². The van der Waals surface area contributed by atoms with E-state index in [2.05, 4.69) is 26.2 Å². The molecule has 59 valence electrons. The van der Waals surface area contributed by atoms with Crippen molar-refractivity contribution in [3.63, 3.8) is 0 Å². The summed E-state index contributed by atoms with van der Waals surface area (Å²) >= 11 is 0. The molecule has 1 nitrogen and oxygen atoms in total. The summed E-state index contributed by atoms with van der Waals surface area (Å²) in [6.07, 6.45) is 1.12. The Labute approximate surface area is 68.0 Å². The average molecular weight is 149 g/mol. The minimum atomic E-state index is 0.149. The van der Waals surface area contributed by atoms with Gasteiger partial charge in [-0.3, -0.25) is 0 Å². The van der Waals surface area contributed by atoms with Crippen LogP contribution in [0.3, 0.4) is 0 Å². The van der Waals surface area contributed by atoms with Gasteiger partial charge in [0.2, 0.25) is 0 Å². The van der Waals surface area contributed by atoms with Gasteiger partial charge in [0.15, 0.2) is 0 Å². The summed E-state index contributed by atoms with van der Waals surface area (Å²) in [5.74, 6) is 0. The molecule has 0 spiro atoms. The molecule has 0 aromatic heterocycles. The van der Waals surface area contributed by atoms with Crippen LogP contribution in [0.4, 0.5) is 0 Å². The fraction of sp³-hybridized carbons (Fsp3) is 0.300. The Morgan fingerprint density at radius 1 is 1.36 bits per heavy atom. The van der Waals surface area contributed by atoms with E-state index in [1.165, 1.54) is 5.56 Å². The van der Waals surface area contributed by atoms with Crippen molar-refractivity contribution < 1.29 is 4.74 Å². The number of benzene rings is 1. The molecule has 0 heterocycles. The first-order valence-corrected chi connectivity index (χ1v) is 3.84. The molecule has 0 fully saturated rings. The van der Waals surface area contributed by atoms with Gasteiger partial charge >= 0.3 is 0 Å². The van der Waals surface area contributed by atoms with E-state index in [0.717, 1.165) is 6.42 Å². The van der Waals surface area contributed by atoms with Crippen molar-refractivity contribution in [1.82, 2.24) is 0 Å². The van der Waals surface area contributed by atoms with E-state index < -0.39 is 0 Å². The second-order valence-corrected chi connectivity index (χ2v) is 2.47. The first-order chi connectivity index (χ1) is 5.38. The van der Waals surface area contributed by atoms with Gasteiger partial charge in [-0.2, -0.15) is 0 Å². The van der Waals surface area contributed by atoms with Gasteiger partial charge in [0.05, 0.1) is 13.2 Å². The summed E-state index contributed by atoms with van der Waals surface area (Å²) in [4.78, 5) is 0. The molecule has 1 rings (SSSR count). The van der Waals surface area contributed by atoms with E-state index in [4.69, 9.17) is 4.74 Å². The van der Waals surface area contributed by atoms with Gasteiger partial charge in [-0.15, -0.1) is 0 Å². The largest absolute Gasteiger partial charge is 0.371 e. The molecule has 11 heavy (non-hydrogen) atoms. The van der Waals surface area contributed by atoms with Crippen LogP contribution in [0.15, 0.2) is 30.3 Å². The molecule has 0 saturated heterocycles. The van der Waals surface area contributed by atoms with Gasteiger partial charge in [-0.1, -0.05) is 37.3 Å². The molecule has 1 aromatic rings. The molecule has 1 aromatic carbocycles. The molecule has 0 aliphatic rings. The maximum atomic E-state index is 5.04. The summed E-state index contributed by atoms with van der Waals surface area (Å²) in [6, 6.07) is 10.1. The van der Waals surface area contributed by atoms with Gasteiger partial charge < -0.3 is 4.74 Å². The van der Waals surface area contributed by atoms with Crippen LogP contribution in [0.1, 0.15) is 25.0 Å². The van der Waals surface area contributed by atoms with Gasteiger partial charge in [0.25, 0.3) is 0 Å². The monoisotopic (exact) mass is 149 g/mol. The highest BCUT2D eigenvalue weighted by molar-refractivity contribution is 5.17. The average Bonchev–Trinajstić information content (AvgIpc) is 2.09. The highest BCUT2D eigenvalue weighted by atomic mass is 16.5. The Kier molecular flexibility index (Phi) is 3.12. The summed E-state index contributed by atoms with van der Waals surface area (Å²) in [7, 11) is 3.43. The number of ether oxygens (including phenoxy) is 1. The zero-order chi connectivity index (χ0) is 8.10. The molecule has 0 N–H and O–H groups in total. The van der Waals surface area contributed by atoms with Crippen molar-refractivity contribution in [2.24, 2.45) is 0 Å². The second kappa shape index (κ2) is 4.14. The molecular formula is C10H13O. The first-order valence-electron chi connectivity index (χ1n) is 3.84. The Balaban J connectivity index is 2.74. The van der Waals surface area contributed by atoms with E-state index in [-0.39, 0.29) is 6.10 Å². The third kappa shape index (κ3) is 2.05. The van der Waals surface area contributed by atoms with Crippen molar-refractivity contribution in [2.45, 2.75) is 19.4 Å². The first kappa shape index (κ1) is 8.28. The van der Waals surface area contributed by atoms with E-state index in [9.17, 15) is 0 Å². The van der Waals surface area contributed by atoms with Crippen molar-refractivity contribution in [1.29, 1.82) is 0 Å². The number of hydrogen-bond acceptors (Lipinski definition) is 1. The lowest BCUT2D eigenvalue weighted by molar-refractivity contribution is 0.136. The minimum Gasteiger partial charge on any atom is -0.371 e. The highest BCUT2D eigenvalue weighted by Crippen LogP contribution is 2.19. The Morgan fingerprint density at radius 2 is 2.00 bits per heavy atom. The fourth-order valence-corrected chi connectivity index (χ4v) is 1.12. The maximum Gasteiger partial charge on any atom is 0.0823 e. The highest BCUT2D eigenvalue weighted by Gasteiger charge is 2.04. The quantitative estimate of drug-likeness (QED) is 0.642. The SMILES string of the molecule is [CH2]OC(CC)c1ccccc1. The van der Waals surface area contributed by atoms with Crippen molar-refractivity contribution >= 4 is 0 Å². The maximum absolute atomic E-state index is 5.04. The van der Waals surface area contributed by atoms with Crippen molar-refractivity contribution in [2.75, 3.05) is 0 Å². The summed E-state index contributed by atoms with van der Waals surface area (Å²) in [5.41, 5.74) is 1.20. The Morgan fingerprint density at radius 3 is 2.45 bits per heavy atom. The van der Waals surface area contributed by atoms with Crippen LogP contribution < -0.4 is 0 Å². The van der Waals surface area contributed by atoms with Crippen LogP contribution in [-0.2, 0) is 4.74 Å². The van der Waals surface area contributed by atoms with E-state index in [1.807, 2.05) is 18.2 Å². The molecule has 0 bridgehead atoms. The molecule has 1 unspecified atom stereocenters. The van der Waals surface area contributed by atoms with Crippen LogP contribution in [0.2, 0.25) is 0 Å². The lowest BCUT2D eigenvalue weighted by Crippen LogP contribution is -1.96. The Bertz CT molecular complexity index is 189. The van der Waals surface area contributed by atoms with Gasteiger partial charge in [0.1, 0.15) is 0 Å². The molecule has 0 amide bonds. The predicted molar refractivity (Wildman–Crippen MR) is 45.9 cm³/mol. The smallest absolute Gasteiger partial charge is 0.0823 e. The zero-order valence-electron chi connectivity index (χ0n) is 6.79. The van der Waals surface area contributed by atoms with Crippen LogP contribution in [-0.4, -0.2) is 0 Å². The second-order valence-electron chi connectivity index (χ2n) is 2.47. The van der Waals surface area contributed by atoms with Crippen LogP contribution in [0.25, 0.3) is 0 Å². The third-order valence-corrected chi connectivity index (χ3v) is 1.74. The zero-order valence-corrected chi connectivity index (χ0v) is 6.79. The van der Waals surface area contributed by atoms with Gasteiger partial charge in [-0.25, -0.2) is 0 Å². The van der Waals surface area contributed by atoms with Crippen molar-refractivity contribution in [3.05, 3.63) is 43.0 Å². The number of hydrogen-bond donors (Lipinski definition) is 0. The molecule has 1 atom stereocenters. The lowest BCUT2D eigenvalue weighted by Gasteiger charge is -2.11. The van der Waals surface area contributed by atoms with E-state index in [1.54, 1.807) is 0 Å². The normalized spacial score (nSPS) is 12.9. The number of rotatable bonds is 3. The summed E-state index contributed by atoms with van der Waals surface area (Å²) in [6.45, 7) is 2.09. The van der Waals surface area contributed by atoms with E-state index in [0.29, 0.717) is 0 Å². The van der Waals surface area contributed by atoms with Crippen LogP contribution in [0.5, 0.6) is 0 Å². The van der Waals surface area contributed by atoms with Crippen LogP contribution >= 0.6 is 0 Å². The van der Waals surface area contributed by atoms with Crippen molar-refractivity contribution in [3.8, 4) is 0 Å². The molecule has 0 aliphatic carbocycles. The predicted octanol–water partition coefficient (Wildman–Crippen LogP) is 2.95. The standard InChI is InChI=1S/C10H13O/c1-3-10(11-2)9-7-5-4-6-8-9/h4-8,10H,2-3H2,1H3. The van der Waals surface area contributed by atoms with Gasteiger partial charge in [0, 0.05) is 0 Å². The summed E-state index contributed by atoms with van der Waals surface area (Å²) in [5, 5.41) is 0. The molecule has 0 aliphatic heterocycles. The fourth-order valence-electron chi connectivity index (χ4n) is 1.12.